The molecule has 3 rings (SSSR count). The molecule has 3 heteroatoms. The molecule has 1 heterocycles. The van der Waals surface area contributed by atoms with E-state index in [-0.39, 0.29) is 0 Å². The lowest BCUT2D eigenvalue weighted by Gasteiger charge is -2.39. The van der Waals surface area contributed by atoms with Crippen LogP contribution in [0.2, 0.25) is 0 Å². The molecule has 0 radical (unpaired) electrons. The van der Waals surface area contributed by atoms with Crippen LogP contribution in [0.3, 0.4) is 0 Å². The fraction of sp³-hybridized carbons (Fsp3) is 0.294. The third-order valence-electron chi connectivity index (χ3n) is 4.10. The van der Waals surface area contributed by atoms with E-state index in [9.17, 15) is 0 Å². The van der Waals surface area contributed by atoms with E-state index in [0.717, 1.165) is 6.42 Å². The maximum atomic E-state index is 3.69. The van der Waals surface area contributed by atoms with Gasteiger partial charge in [-0.15, -0.1) is 0 Å². The highest BCUT2D eigenvalue weighted by Crippen LogP contribution is 2.42. The van der Waals surface area contributed by atoms with Crippen molar-refractivity contribution in [3.63, 3.8) is 0 Å². The average Bonchev–Trinajstić information content (AvgIpc) is 2.45. The van der Waals surface area contributed by atoms with Crippen molar-refractivity contribution in [3.8, 4) is 0 Å². The number of hydrogen-bond acceptors (Lipinski definition) is 2. The number of benzene rings is 2. The summed E-state index contributed by atoms with van der Waals surface area (Å²) in [5.41, 5.74) is 3.85. The van der Waals surface area contributed by atoms with Crippen molar-refractivity contribution < 1.29 is 0 Å². The molecule has 2 unspecified atom stereocenters. The molecule has 2 nitrogen and oxygen atoms in total. The van der Waals surface area contributed by atoms with Gasteiger partial charge in [0.15, 0.2) is 0 Å². The van der Waals surface area contributed by atoms with Crippen molar-refractivity contribution >= 4 is 27.3 Å². The molecule has 2 atom stereocenters. The predicted molar refractivity (Wildman–Crippen MR) is 89.4 cm³/mol. The average molecular weight is 331 g/mol. The van der Waals surface area contributed by atoms with Crippen LogP contribution < -0.4 is 10.2 Å². The molecule has 0 saturated carbocycles. The smallest absolute Gasteiger partial charge is 0.0563 e. The highest BCUT2D eigenvalue weighted by atomic mass is 79.9. The normalized spacial score (nSPS) is 21.4. The first-order chi connectivity index (χ1) is 9.66. The van der Waals surface area contributed by atoms with Gasteiger partial charge in [-0.3, -0.25) is 0 Å². The number of nitrogens with zero attached hydrogens (tertiary/aromatic N) is 1. The van der Waals surface area contributed by atoms with Gasteiger partial charge in [0.25, 0.3) is 0 Å². The van der Waals surface area contributed by atoms with Gasteiger partial charge in [-0.2, -0.15) is 0 Å². The van der Waals surface area contributed by atoms with Crippen LogP contribution in [0.25, 0.3) is 0 Å². The second-order valence-corrected chi connectivity index (χ2v) is 6.29. The Balaban J connectivity index is 1.98. The van der Waals surface area contributed by atoms with Crippen LogP contribution in [0.15, 0.2) is 53.0 Å². The van der Waals surface area contributed by atoms with Gasteiger partial charge in [0.2, 0.25) is 0 Å². The van der Waals surface area contributed by atoms with Gasteiger partial charge >= 0.3 is 0 Å². The van der Waals surface area contributed by atoms with Crippen LogP contribution in [0.1, 0.15) is 24.9 Å². The third kappa shape index (κ3) is 2.42. The zero-order valence-corrected chi connectivity index (χ0v) is 13.4. The zero-order valence-electron chi connectivity index (χ0n) is 11.8. The Hall–Kier alpha value is -1.48. The number of para-hydroxylation sites is 2. The molecule has 1 aliphatic heterocycles. The molecule has 0 bridgehead atoms. The molecule has 0 aromatic heterocycles. The van der Waals surface area contributed by atoms with E-state index in [1.165, 1.54) is 21.4 Å². The summed E-state index contributed by atoms with van der Waals surface area (Å²) in [6, 6.07) is 17.8. The maximum Gasteiger partial charge on any atom is 0.0563 e. The van der Waals surface area contributed by atoms with Crippen LogP contribution in [-0.2, 0) is 0 Å². The Bertz CT molecular complexity index is 597. The Morgan fingerprint density at radius 1 is 1.10 bits per heavy atom. The van der Waals surface area contributed by atoms with Gasteiger partial charge in [-0.1, -0.05) is 30.3 Å². The van der Waals surface area contributed by atoms with Crippen LogP contribution in [0.5, 0.6) is 0 Å². The number of fused-ring (bicyclic) bond motifs is 1. The first-order valence-electron chi connectivity index (χ1n) is 6.99. The molecule has 2 aromatic carbocycles. The summed E-state index contributed by atoms with van der Waals surface area (Å²) in [7, 11) is 2.17. The van der Waals surface area contributed by atoms with Gasteiger partial charge in [-0.25, -0.2) is 0 Å². The lowest BCUT2D eigenvalue weighted by atomic mass is 9.92. The van der Waals surface area contributed by atoms with Crippen LogP contribution in [0, 0.1) is 0 Å². The summed E-state index contributed by atoms with van der Waals surface area (Å²) in [5.74, 6) is 0. The molecule has 104 valence electrons. The van der Waals surface area contributed by atoms with Crippen LogP contribution >= 0.6 is 15.9 Å². The summed E-state index contributed by atoms with van der Waals surface area (Å²) in [4.78, 5) is 2.36. The minimum Gasteiger partial charge on any atom is -0.378 e. The topological polar surface area (TPSA) is 15.3 Å². The Kier molecular flexibility index (Phi) is 3.70. The van der Waals surface area contributed by atoms with Crippen LogP contribution in [0.4, 0.5) is 11.4 Å². The van der Waals surface area contributed by atoms with Crippen molar-refractivity contribution in [2.75, 3.05) is 17.3 Å². The van der Waals surface area contributed by atoms with Crippen molar-refractivity contribution in [3.05, 3.63) is 58.6 Å². The molecule has 1 N–H and O–H groups in total. The summed E-state index contributed by atoms with van der Waals surface area (Å²) < 4.78 is 1.17. The Labute approximate surface area is 128 Å². The molecule has 2 aromatic rings. The minimum atomic E-state index is 0.357. The third-order valence-corrected chi connectivity index (χ3v) is 4.74. The lowest BCUT2D eigenvalue weighted by Crippen LogP contribution is -2.37. The zero-order chi connectivity index (χ0) is 14.1. The quantitative estimate of drug-likeness (QED) is 0.848. The largest absolute Gasteiger partial charge is 0.378 e. The van der Waals surface area contributed by atoms with E-state index in [2.05, 4.69) is 82.6 Å². The number of hydrogen-bond donors (Lipinski definition) is 1. The first-order valence-corrected chi connectivity index (χ1v) is 7.79. The second-order valence-electron chi connectivity index (χ2n) is 5.44. The molecule has 0 amide bonds. The number of halogens is 1. The first kappa shape index (κ1) is 13.5. The van der Waals surface area contributed by atoms with E-state index in [0.29, 0.717) is 12.1 Å². The molecule has 0 spiro atoms. The number of nitrogens with one attached hydrogen (secondary N) is 1. The molecular formula is C17H19BrN2. The monoisotopic (exact) mass is 330 g/mol. The summed E-state index contributed by atoms with van der Waals surface area (Å²) >= 11 is 3.69. The van der Waals surface area contributed by atoms with E-state index >= 15 is 0 Å². The van der Waals surface area contributed by atoms with Crippen molar-refractivity contribution in [1.29, 1.82) is 0 Å². The highest BCUT2D eigenvalue weighted by molar-refractivity contribution is 9.10. The summed E-state index contributed by atoms with van der Waals surface area (Å²) in [5, 5.41) is 3.67. The van der Waals surface area contributed by atoms with E-state index in [4.69, 9.17) is 0 Å². The van der Waals surface area contributed by atoms with E-state index in [1.807, 2.05) is 6.07 Å². The maximum absolute atomic E-state index is 3.69. The van der Waals surface area contributed by atoms with E-state index in [1.54, 1.807) is 0 Å². The van der Waals surface area contributed by atoms with Gasteiger partial charge in [0.1, 0.15) is 0 Å². The highest BCUT2D eigenvalue weighted by Gasteiger charge is 2.29. The SMILES string of the molecule is CC1CC(Nc2ccccc2)c2cccc(Br)c2N1C. The molecule has 0 saturated heterocycles. The minimum absolute atomic E-state index is 0.357. The molecule has 0 aliphatic carbocycles. The van der Waals surface area contributed by atoms with Crippen LogP contribution in [-0.4, -0.2) is 13.1 Å². The Morgan fingerprint density at radius 2 is 1.85 bits per heavy atom. The molecule has 0 fully saturated rings. The van der Waals surface area contributed by atoms with Crippen molar-refractivity contribution in [1.82, 2.24) is 0 Å². The van der Waals surface area contributed by atoms with Crippen molar-refractivity contribution in [2.24, 2.45) is 0 Å². The molecule has 1 aliphatic rings. The second kappa shape index (κ2) is 5.49. The predicted octanol–water partition coefficient (Wildman–Crippen LogP) is 4.83. The molecule has 20 heavy (non-hydrogen) atoms. The summed E-state index contributed by atoms with van der Waals surface area (Å²) in [6.45, 7) is 2.28. The van der Waals surface area contributed by atoms with Gasteiger partial charge in [-0.05, 0) is 53.0 Å². The standard InChI is InChI=1S/C17H19BrN2/c1-12-11-16(19-13-7-4-3-5-8-13)14-9-6-10-15(18)17(14)20(12)2/h3-10,12,16,19H,11H2,1-2H3. The van der Waals surface area contributed by atoms with Gasteiger partial charge in [0, 0.05) is 23.2 Å². The molecular weight excluding hydrogens is 312 g/mol. The fourth-order valence-corrected chi connectivity index (χ4v) is 3.57. The van der Waals surface area contributed by atoms with E-state index < -0.39 is 0 Å². The number of anilines is 2. The Morgan fingerprint density at radius 3 is 2.60 bits per heavy atom. The fourth-order valence-electron chi connectivity index (χ4n) is 2.90. The van der Waals surface area contributed by atoms with Crippen molar-refractivity contribution in [2.45, 2.75) is 25.4 Å². The number of rotatable bonds is 2. The summed E-state index contributed by atoms with van der Waals surface area (Å²) in [6.07, 6.45) is 1.11. The van der Waals surface area contributed by atoms with Gasteiger partial charge in [0.05, 0.1) is 11.7 Å². The lowest BCUT2D eigenvalue weighted by molar-refractivity contribution is 0.539. The van der Waals surface area contributed by atoms with Gasteiger partial charge < -0.3 is 10.2 Å².